The number of hydrogen-bond donors (Lipinski definition) is 2. The maximum absolute atomic E-state index is 12.2. The maximum Gasteiger partial charge on any atom is 0.335 e. The smallest absolute Gasteiger partial charge is 0.335 e. The number of aryl methyl sites for hydroxylation is 2. The highest BCUT2D eigenvalue weighted by Gasteiger charge is 2.22. The summed E-state index contributed by atoms with van der Waals surface area (Å²) in [6, 6.07) is 8.96. The van der Waals surface area contributed by atoms with Crippen LogP contribution in [-0.4, -0.2) is 17.0 Å². The lowest BCUT2D eigenvalue weighted by atomic mass is 9.94. The molecule has 0 bridgehead atoms. The molecule has 0 saturated heterocycles. The third-order valence-corrected chi connectivity index (χ3v) is 5.23. The first-order chi connectivity index (χ1) is 11.1. The predicted octanol–water partition coefficient (Wildman–Crippen LogP) is 3.57. The Morgan fingerprint density at radius 2 is 2.00 bits per heavy atom. The second-order valence-corrected chi connectivity index (χ2v) is 6.81. The van der Waals surface area contributed by atoms with E-state index in [1.165, 1.54) is 10.4 Å². The van der Waals surface area contributed by atoms with E-state index in [1.54, 1.807) is 35.6 Å². The SMILES string of the molecule is O=C(CCc1ccc(C(=O)O)cc1)NC1CCCc2sccc21. The van der Waals surface area contributed by atoms with Crippen LogP contribution in [0.3, 0.4) is 0 Å². The fourth-order valence-electron chi connectivity index (χ4n) is 2.97. The van der Waals surface area contributed by atoms with Gasteiger partial charge in [0.05, 0.1) is 11.6 Å². The number of hydrogen-bond acceptors (Lipinski definition) is 3. The van der Waals surface area contributed by atoms with E-state index in [2.05, 4.69) is 16.8 Å². The van der Waals surface area contributed by atoms with Crippen LogP contribution in [0, 0.1) is 0 Å². The summed E-state index contributed by atoms with van der Waals surface area (Å²) in [6.07, 6.45) is 4.28. The molecular formula is C18H19NO3S. The number of carbonyl (C=O) groups is 2. The van der Waals surface area contributed by atoms with Gasteiger partial charge in [-0.15, -0.1) is 11.3 Å². The number of benzene rings is 1. The quantitative estimate of drug-likeness (QED) is 0.881. The standard InChI is InChI=1S/C18H19NO3S/c20-17(9-6-12-4-7-13(8-5-12)18(21)22)19-15-2-1-3-16-14(15)10-11-23-16/h4-5,7-8,10-11,15H,1-3,6,9H2,(H,19,20)(H,21,22). The zero-order valence-electron chi connectivity index (χ0n) is 12.7. The van der Waals surface area contributed by atoms with E-state index in [-0.39, 0.29) is 17.5 Å². The molecule has 2 aromatic rings. The van der Waals surface area contributed by atoms with Crippen LogP contribution in [0.15, 0.2) is 35.7 Å². The van der Waals surface area contributed by atoms with Crippen LogP contribution >= 0.6 is 11.3 Å². The van der Waals surface area contributed by atoms with Crippen LogP contribution < -0.4 is 5.32 Å². The minimum Gasteiger partial charge on any atom is -0.478 e. The molecular weight excluding hydrogens is 310 g/mol. The van der Waals surface area contributed by atoms with Crippen LogP contribution in [0.2, 0.25) is 0 Å². The van der Waals surface area contributed by atoms with E-state index in [9.17, 15) is 9.59 Å². The van der Waals surface area contributed by atoms with Gasteiger partial charge in [-0.3, -0.25) is 4.79 Å². The Balaban J connectivity index is 1.53. The maximum atomic E-state index is 12.2. The van der Waals surface area contributed by atoms with Gasteiger partial charge in [-0.25, -0.2) is 4.79 Å². The summed E-state index contributed by atoms with van der Waals surface area (Å²) in [4.78, 5) is 24.4. The lowest BCUT2D eigenvalue weighted by Crippen LogP contribution is -2.30. The molecule has 1 aliphatic carbocycles. The number of carboxylic acid groups (broad SMARTS) is 1. The molecule has 1 unspecified atom stereocenters. The minimum absolute atomic E-state index is 0.0522. The zero-order chi connectivity index (χ0) is 16.2. The van der Waals surface area contributed by atoms with Crippen molar-refractivity contribution in [2.24, 2.45) is 0 Å². The molecule has 0 aliphatic heterocycles. The molecule has 23 heavy (non-hydrogen) atoms. The van der Waals surface area contributed by atoms with E-state index < -0.39 is 5.97 Å². The van der Waals surface area contributed by atoms with Gasteiger partial charge in [0.1, 0.15) is 0 Å². The summed E-state index contributed by atoms with van der Waals surface area (Å²) < 4.78 is 0. The molecule has 1 aliphatic rings. The van der Waals surface area contributed by atoms with Crippen molar-refractivity contribution in [2.45, 2.75) is 38.1 Å². The van der Waals surface area contributed by atoms with Gasteiger partial charge in [0, 0.05) is 11.3 Å². The van der Waals surface area contributed by atoms with Crippen molar-refractivity contribution < 1.29 is 14.7 Å². The summed E-state index contributed by atoms with van der Waals surface area (Å²) >= 11 is 1.77. The first-order valence-electron chi connectivity index (χ1n) is 7.81. The molecule has 1 aromatic heterocycles. The minimum atomic E-state index is -0.932. The summed E-state index contributed by atoms with van der Waals surface area (Å²) in [5.74, 6) is -0.880. The van der Waals surface area contributed by atoms with Crippen LogP contribution in [0.1, 0.15) is 51.7 Å². The molecule has 1 heterocycles. The lowest BCUT2D eigenvalue weighted by molar-refractivity contribution is -0.121. The van der Waals surface area contributed by atoms with Gasteiger partial charge in [-0.05, 0) is 60.4 Å². The van der Waals surface area contributed by atoms with Gasteiger partial charge in [-0.2, -0.15) is 0 Å². The van der Waals surface area contributed by atoms with E-state index in [1.807, 2.05) is 0 Å². The van der Waals surface area contributed by atoms with Crippen molar-refractivity contribution in [1.29, 1.82) is 0 Å². The average molecular weight is 329 g/mol. The summed E-state index contributed by atoms with van der Waals surface area (Å²) in [5, 5.41) is 14.1. The first kappa shape index (κ1) is 15.7. The van der Waals surface area contributed by atoms with Gasteiger partial charge in [-0.1, -0.05) is 12.1 Å². The normalized spacial score (nSPS) is 16.6. The van der Waals surface area contributed by atoms with E-state index >= 15 is 0 Å². The van der Waals surface area contributed by atoms with Gasteiger partial charge < -0.3 is 10.4 Å². The largest absolute Gasteiger partial charge is 0.478 e. The summed E-state index contributed by atoms with van der Waals surface area (Å²) in [6.45, 7) is 0. The number of amides is 1. The number of thiophene rings is 1. The highest BCUT2D eigenvalue weighted by molar-refractivity contribution is 7.10. The number of aromatic carboxylic acids is 1. The number of nitrogens with one attached hydrogen (secondary N) is 1. The molecule has 1 atom stereocenters. The second-order valence-electron chi connectivity index (χ2n) is 5.81. The van der Waals surface area contributed by atoms with Gasteiger partial charge in [0.25, 0.3) is 0 Å². The van der Waals surface area contributed by atoms with Crippen molar-refractivity contribution in [1.82, 2.24) is 5.32 Å². The van der Waals surface area contributed by atoms with Crippen molar-refractivity contribution in [3.8, 4) is 0 Å². The molecule has 1 amide bonds. The Kier molecular flexibility index (Phi) is 4.76. The monoisotopic (exact) mass is 329 g/mol. The summed E-state index contributed by atoms with van der Waals surface area (Å²) in [5.41, 5.74) is 2.52. The Bertz CT molecular complexity index is 705. The number of rotatable bonds is 5. The fraction of sp³-hybridized carbons (Fsp3) is 0.333. The molecule has 3 rings (SSSR count). The molecule has 0 saturated carbocycles. The average Bonchev–Trinajstić information content (AvgIpc) is 3.03. The van der Waals surface area contributed by atoms with Crippen molar-refractivity contribution >= 4 is 23.2 Å². The van der Waals surface area contributed by atoms with Crippen LogP contribution in [0.5, 0.6) is 0 Å². The Hall–Kier alpha value is -2.14. The topological polar surface area (TPSA) is 66.4 Å². The lowest BCUT2D eigenvalue weighted by Gasteiger charge is -2.23. The third-order valence-electron chi connectivity index (χ3n) is 4.23. The van der Waals surface area contributed by atoms with Crippen LogP contribution in [-0.2, 0) is 17.6 Å². The number of carbonyl (C=O) groups excluding carboxylic acids is 1. The number of carboxylic acids is 1. The van der Waals surface area contributed by atoms with Crippen molar-refractivity contribution in [3.63, 3.8) is 0 Å². The van der Waals surface area contributed by atoms with Crippen LogP contribution in [0.4, 0.5) is 0 Å². The zero-order valence-corrected chi connectivity index (χ0v) is 13.6. The first-order valence-corrected chi connectivity index (χ1v) is 8.69. The number of fused-ring (bicyclic) bond motifs is 1. The van der Waals surface area contributed by atoms with Gasteiger partial charge in [0.2, 0.25) is 5.91 Å². The van der Waals surface area contributed by atoms with Crippen LogP contribution in [0.25, 0.3) is 0 Å². The van der Waals surface area contributed by atoms with Gasteiger partial charge in [0.15, 0.2) is 0 Å². The Labute approximate surface area is 139 Å². The third kappa shape index (κ3) is 3.79. The second kappa shape index (κ2) is 6.96. The highest BCUT2D eigenvalue weighted by Crippen LogP contribution is 2.33. The molecule has 0 radical (unpaired) electrons. The fourth-order valence-corrected chi connectivity index (χ4v) is 3.96. The molecule has 0 spiro atoms. The highest BCUT2D eigenvalue weighted by atomic mass is 32.1. The van der Waals surface area contributed by atoms with E-state index in [4.69, 9.17) is 5.11 Å². The molecule has 0 fully saturated rings. The van der Waals surface area contributed by atoms with Gasteiger partial charge >= 0.3 is 5.97 Å². The van der Waals surface area contributed by atoms with Crippen molar-refractivity contribution in [3.05, 3.63) is 57.3 Å². The molecule has 4 nitrogen and oxygen atoms in total. The predicted molar refractivity (Wildman–Crippen MR) is 89.9 cm³/mol. The Morgan fingerprint density at radius 1 is 1.22 bits per heavy atom. The van der Waals surface area contributed by atoms with Crippen molar-refractivity contribution in [2.75, 3.05) is 0 Å². The molecule has 120 valence electrons. The summed E-state index contributed by atoms with van der Waals surface area (Å²) in [7, 11) is 0. The Morgan fingerprint density at radius 3 is 2.74 bits per heavy atom. The molecule has 2 N–H and O–H groups in total. The van der Waals surface area contributed by atoms with E-state index in [0.717, 1.165) is 24.8 Å². The molecule has 5 heteroatoms. The van der Waals surface area contributed by atoms with E-state index in [0.29, 0.717) is 12.8 Å². The molecule has 1 aromatic carbocycles.